The van der Waals surface area contributed by atoms with Gasteiger partial charge in [-0.3, -0.25) is 14.6 Å². The van der Waals surface area contributed by atoms with Crippen molar-refractivity contribution in [3.8, 4) is 11.5 Å². The Kier molecular flexibility index (Phi) is 7.62. The van der Waals surface area contributed by atoms with Crippen LogP contribution in [-0.2, 0) is 17.8 Å². The first-order valence-electron chi connectivity index (χ1n) is 11.3. The van der Waals surface area contributed by atoms with Crippen molar-refractivity contribution < 1.29 is 23.4 Å². The van der Waals surface area contributed by atoms with Crippen LogP contribution in [0.4, 0.5) is 0 Å². The van der Waals surface area contributed by atoms with E-state index in [1.807, 2.05) is 18.2 Å². The van der Waals surface area contributed by atoms with Crippen molar-refractivity contribution in [2.24, 2.45) is 0 Å². The van der Waals surface area contributed by atoms with Gasteiger partial charge >= 0.3 is 0 Å². The first-order valence-corrected chi connectivity index (χ1v) is 11.3. The highest BCUT2D eigenvalue weighted by atomic mass is 16.7. The van der Waals surface area contributed by atoms with Gasteiger partial charge in [0.1, 0.15) is 6.26 Å². The summed E-state index contributed by atoms with van der Waals surface area (Å²) < 4.78 is 21.9. The lowest BCUT2D eigenvalue weighted by atomic mass is 10.1. The number of rotatable bonds is 10. The number of ether oxygens (including phenoxy) is 3. The number of hydrogen-bond acceptors (Lipinski definition) is 8. The van der Waals surface area contributed by atoms with Crippen molar-refractivity contribution in [3.63, 3.8) is 0 Å². The van der Waals surface area contributed by atoms with Crippen LogP contribution in [-0.4, -0.2) is 72.9 Å². The maximum Gasteiger partial charge on any atom is 0.273 e. The molecule has 0 bridgehead atoms. The van der Waals surface area contributed by atoms with Gasteiger partial charge in [-0.15, -0.1) is 0 Å². The maximum atomic E-state index is 12.5. The zero-order valence-corrected chi connectivity index (χ0v) is 18.8. The molecule has 2 aliphatic rings. The minimum absolute atomic E-state index is 0.209. The van der Waals surface area contributed by atoms with Gasteiger partial charge in [-0.05, 0) is 31.0 Å². The first kappa shape index (κ1) is 22.6. The lowest BCUT2D eigenvalue weighted by molar-refractivity contribution is 0.0383. The number of oxazole rings is 1. The monoisotopic (exact) mass is 444 g/mol. The van der Waals surface area contributed by atoms with Crippen molar-refractivity contribution in [2.75, 3.05) is 46.2 Å². The molecule has 4 rings (SSSR count). The smallest absolute Gasteiger partial charge is 0.273 e. The van der Waals surface area contributed by atoms with Gasteiger partial charge in [0.25, 0.3) is 5.91 Å². The Balaban J connectivity index is 1.32. The Hall–Kier alpha value is -2.62. The van der Waals surface area contributed by atoms with E-state index in [9.17, 15) is 4.79 Å². The number of amides is 1. The van der Waals surface area contributed by atoms with Gasteiger partial charge in [0, 0.05) is 38.8 Å². The highest BCUT2D eigenvalue weighted by Gasteiger charge is 2.20. The molecule has 1 aromatic heterocycles. The van der Waals surface area contributed by atoms with Gasteiger partial charge in [0.15, 0.2) is 17.2 Å². The normalized spacial score (nSPS) is 17.0. The Morgan fingerprint density at radius 1 is 1.22 bits per heavy atom. The van der Waals surface area contributed by atoms with E-state index in [-0.39, 0.29) is 12.7 Å². The van der Waals surface area contributed by atoms with Crippen LogP contribution >= 0.6 is 0 Å². The first-order chi connectivity index (χ1) is 15.6. The molecule has 2 aliphatic heterocycles. The van der Waals surface area contributed by atoms with Crippen LogP contribution in [0.3, 0.4) is 0 Å². The summed E-state index contributed by atoms with van der Waals surface area (Å²) in [6.07, 6.45) is 2.43. The van der Waals surface area contributed by atoms with Crippen LogP contribution in [0.15, 0.2) is 28.9 Å². The number of carbonyl (C=O) groups is 1. The van der Waals surface area contributed by atoms with Gasteiger partial charge < -0.3 is 23.9 Å². The zero-order valence-electron chi connectivity index (χ0n) is 18.8. The fraction of sp³-hybridized carbons (Fsp3) is 0.565. The third-order valence-electron chi connectivity index (χ3n) is 5.98. The summed E-state index contributed by atoms with van der Waals surface area (Å²) >= 11 is 0. The Bertz CT molecular complexity index is 896. The molecule has 1 aromatic carbocycles. The second-order valence-corrected chi connectivity index (χ2v) is 8.19. The molecule has 9 nitrogen and oxygen atoms in total. The molecular formula is C23H32N4O5. The number of nitrogens with one attached hydrogen (secondary N) is 1. The van der Waals surface area contributed by atoms with Crippen molar-refractivity contribution >= 4 is 5.91 Å². The molecule has 1 saturated heterocycles. The van der Waals surface area contributed by atoms with Gasteiger partial charge in [0.05, 0.1) is 19.8 Å². The third-order valence-corrected chi connectivity index (χ3v) is 5.98. The molecular weight excluding hydrogens is 412 g/mol. The number of benzene rings is 1. The second kappa shape index (κ2) is 10.8. The molecule has 1 atom stereocenters. The highest BCUT2D eigenvalue weighted by molar-refractivity contribution is 5.91. The molecule has 9 heteroatoms. The molecule has 1 unspecified atom stereocenters. The molecule has 0 aliphatic carbocycles. The van der Waals surface area contributed by atoms with Crippen LogP contribution in [0.25, 0.3) is 0 Å². The maximum absolute atomic E-state index is 12.5. The van der Waals surface area contributed by atoms with Gasteiger partial charge in [0.2, 0.25) is 12.7 Å². The summed E-state index contributed by atoms with van der Waals surface area (Å²) in [5, 5.41) is 2.93. The average Bonchev–Trinajstić information content (AvgIpc) is 3.48. The molecule has 2 aromatic rings. The number of nitrogens with zero attached hydrogens (tertiary/aromatic N) is 3. The third kappa shape index (κ3) is 5.79. The average molecular weight is 445 g/mol. The molecule has 1 fully saturated rings. The Labute approximate surface area is 188 Å². The molecule has 3 heterocycles. The van der Waals surface area contributed by atoms with E-state index in [0.717, 1.165) is 62.9 Å². The van der Waals surface area contributed by atoms with E-state index in [0.29, 0.717) is 30.7 Å². The fourth-order valence-electron chi connectivity index (χ4n) is 3.80. The summed E-state index contributed by atoms with van der Waals surface area (Å²) in [7, 11) is 0. The predicted molar refractivity (Wildman–Crippen MR) is 118 cm³/mol. The van der Waals surface area contributed by atoms with Crippen LogP contribution in [0.5, 0.6) is 11.5 Å². The van der Waals surface area contributed by atoms with E-state index in [4.69, 9.17) is 18.6 Å². The molecule has 32 heavy (non-hydrogen) atoms. The summed E-state index contributed by atoms with van der Waals surface area (Å²) in [4.78, 5) is 21.4. The second-order valence-electron chi connectivity index (χ2n) is 8.19. The van der Waals surface area contributed by atoms with E-state index < -0.39 is 0 Å². The van der Waals surface area contributed by atoms with Crippen LogP contribution in [0, 0.1) is 0 Å². The van der Waals surface area contributed by atoms with Gasteiger partial charge in [-0.25, -0.2) is 4.98 Å². The predicted octanol–water partition coefficient (Wildman–Crippen LogP) is 2.27. The van der Waals surface area contributed by atoms with E-state index in [1.165, 1.54) is 6.26 Å². The summed E-state index contributed by atoms with van der Waals surface area (Å²) in [5.41, 5.74) is 1.44. The van der Waals surface area contributed by atoms with Crippen molar-refractivity contribution in [1.82, 2.24) is 20.1 Å². The largest absolute Gasteiger partial charge is 0.454 e. The molecule has 0 saturated carbocycles. The molecule has 0 spiro atoms. The van der Waals surface area contributed by atoms with Gasteiger partial charge in [-0.1, -0.05) is 13.0 Å². The number of aromatic nitrogens is 1. The minimum Gasteiger partial charge on any atom is -0.454 e. The topological polar surface area (TPSA) is 89.3 Å². The van der Waals surface area contributed by atoms with E-state index >= 15 is 0 Å². The molecule has 0 radical (unpaired) electrons. The zero-order chi connectivity index (χ0) is 22.3. The molecule has 174 valence electrons. The number of hydrogen-bond donors (Lipinski definition) is 1. The van der Waals surface area contributed by atoms with Crippen molar-refractivity contribution in [3.05, 3.63) is 41.6 Å². The molecule has 1 N–H and O–H groups in total. The minimum atomic E-state index is -0.209. The highest BCUT2D eigenvalue weighted by Crippen LogP contribution is 2.33. The van der Waals surface area contributed by atoms with Crippen molar-refractivity contribution in [2.45, 2.75) is 39.4 Å². The number of morpholine rings is 1. The lowest BCUT2D eigenvalue weighted by Crippen LogP contribution is -2.41. The number of fused-ring (bicyclic) bond motifs is 1. The quantitative estimate of drug-likeness (QED) is 0.597. The van der Waals surface area contributed by atoms with Gasteiger partial charge in [-0.2, -0.15) is 0 Å². The molecule has 1 amide bonds. The number of carbonyl (C=O) groups excluding carboxylic acids is 1. The Morgan fingerprint density at radius 3 is 2.84 bits per heavy atom. The van der Waals surface area contributed by atoms with Crippen molar-refractivity contribution in [1.29, 1.82) is 0 Å². The standard InChI is InChI=1S/C23H32N4O5/c1-3-17(2)27(13-18-4-5-20-21(12-18)32-16-31-20)14-22-25-19(15-30-22)23(28)24-6-7-26-8-10-29-11-9-26/h4-5,12,15,17H,3,6-11,13-14,16H2,1-2H3,(H,24,28). The summed E-state index contributed by atoms with van der Waals surface area (Å²) in [6.45, 7) is 10.5. The van der Waals surface area contributed by atoms with Crippen LogP contribution in [0.2, 0.25) is 0 Å². The summed E-state index contributed by atoms with van der Waals surface area (Å²) in [5.74, 6) is 1.88. The Morgan fingerprint density at radius 2 is 2.03 bits per heavy atom. The van der Waals surface area contributed by atoms with Crippen LogP contribution < -0.4 is 14.8 Å². The van der Waals surface area contributed by atoms with E-state index in [1.54, 1.807) is 0 Å². The SMILES string of the molecule is CCC(C)N(Cc1ccc2c(c1)OCO2)Cc1nc(C(=O)NCCN2CCOCC2)co1. The fourth-order valence-corrected chi connectivity index (χ4v) is 3.80. The van der Waals surface area contributed by atoms with Crippen LogP contribution in [0.1, 0.15) is 42.2 Å². The van der Waals surface area contributed by atoms with E-state index in [2.05, 4.69) is 33.9 Å². The summed E-state index contributed by atoms with van der Waals surface area (Å²) in [6, 6.07) is 6.32. The lowest BCUT2D eigenvalue weighted by Gasteiger charge is -2.27.